The van der Waals surface area contributed by atoms with Crippen molar-refractivity contribution < 1.29 is 23.0 Å². The summed E-state index contributed by atoms with van der Waals surface area (Å²) in [7, 11) is 1.18. The summed E-state index contributed by atoms with van der Waals surface area (Å²) in [5.41, 5.74) is 0.101. The Morgan fingerprint density at radius 3 is 2.78 bits per heavy atom. The molecule has 18 heavy (non-hydrogen) atoms. The molecule has 0 aliphatic heterocycles. The minimum Gasteiger partial charge on any atom is -0.491 e. The predicted molar refractivity (Wildman–Crippen MR) is 60.8 cm³/mol. The predicted octanol–water partition coefficient (Wildman–Crippen LogP) is 2.93. The number of carbonyl (C=O) groups excluding carboxylic acids is 1. The third-order valence-corrected chi connectivity index (χ3v) is 2.51. The van der Waals surface area contributed by atoms with E-state index in [0.29, 0.717) is 0 Å². The molecule has 1 aromatic carbocycles. The first kappa shape index (κ1) is 12.3. The maximum atomic E-state index is 13.9. The molecule has 0 bridgehead atoms. The van der Waals surface area contributed by atoms with Crippen molar-refractivity contribution in [3.63, 3.8) is 0 Å². The van der Waals surface area contributed by atoms with Crippen LogP contribution in [0.4, 0.5) is 13.6 Å². The molecule has 1 aromatic heterocycles. The van der Waals surface area contributed by atoms with Gasteiger partial charge in [-0.1, -0.05) is 0 Å². The van der Waals surface area contributed by atoms with E-state index < -0.39 is 23.5 Å². The summed E-state index contributed by atoms with van der Waals surface area (Å²) in [4.78, 5) is 11.6. The summed E-state index contributed by atoms with van der Waals surface area (Å²) in [5, 5.41) is 0.0984. The van der Waals surface area contributed by atoms with Crippen LogP contribution in [0.15, 0.2) is 18.3 Å². The maximum absolute atomic E-state index is 13.9. The first-order chi connectivity index (χ1) is 8.60. The Hall–Kier alpha value is -2.11. The first-order valence-corrected chi connectivity index (χ1v) is 5.30. The van der Waals surface area contributed by atoms with Gasteiger partial charge in [-0.05, 0) is 13.0 Å². The number of hydrogen-bond acceptors (Lipinski definition) is 3. The van der Waals surface area contributed by atoms with E-state index in [1.807, 2.05) is 0 Å². The van der Waals surface area contributed by atoms with Crippen molar-refractivity contribution in [3.8, 4) is 5.75 Å². The van der Waals surface area contributed by atoms with Crippen molar-refractivity contribution >= 4 is 17.0 Å². The lowest BCUT2D eigenvalue weighted by molar-refractivity contribution is 0.155. The van der Waals surface area contributed by atoms with Gasteiger partial charge in [-0.25, -0.2) is 13.6 Å². The van der Waals surface area contributed by atoms with Crippen LogP contribution in [0.25, 0.3) is 10.9 Å². The number of halogens is 2. The molecule has 0 aliphatic carbocycles. The summed E-state index contributed by atoms with van der Waals surface area (Å²) in [6.07, 6.45) is 0.640. The minimum atomic E-state index is -0.869. The van der Waals surface area contributed by atoms with Crippen molar-refractivity contribution in [3.05, 3.63) is 30.0 Å². The average molecular weight is 255 g/mol. The Balaban J connectivity index is 2.64. The average Bonchev–Trinajstić information content (AvgIpc) is 2.73. The van der Waals surface area contributed by atoms with Crippen molar-refractivity contribution in [2.45, 2.75) is 6.92 Å². The molecule has 0 amide bonds. The summed E-state index contributed by atoms with van der Waals surface area (Å²) in [6.45, 7) is 1.83. The highest BCUT2D eigenvalue weighted by Crippen LogP contribution is 2.30. The summed E-state index contributed by atoms with van der Waals surface area (Å²) < 4.78 is 37.9. The number of rotatable bonds is 2. The van der Waals surface area contributed by atoms with Crippen molar-refractivity contribution in [1.82, 2.24) is 4.57 Å². The van der Waals surface area contributed by atoms with Crippen molar-refractivity contribution in [2.75, 3.05) is 13.7 Å². The van der Waals surface area contributed by atoms with Gasteiger partial charge in [0, 0.05) is 17.6 Å². The lowest BCUT2D eigenvalue weighted by Crippen LogP contribution is -2.12. The third kappa shape index (κ3) is 1.79. The molecule has 0 unspecified atom stereocenters. The van der Waals surface area contributed by atoms with E-state index in [4.69, 9.17) is 4.74 Å². The van der Waals surface area contributed by atoms with Crippen LogP contribution in [0, 0.1) is 11.6 Å². The van der Waals surface area contributed by atoms with Gasteiger partial charge in [0.05, 0.1) is 19.2 Å². The molecule has 0 N–H and O–H groups in total. The van der Waals surface area contributed by atoms with Gasteiger partial charge >= 0.3 is 6.09 Å². The zero-order valence-electron chi connectivity index (χ0n) is 9.87. The second kappa shape index (κ2) is 4.64. The van der Waals surface area contributed by atoms with Crippen LogP contribution in [0.3, 0.4) is 0 Å². The minimum absolute atomic E-state index is 0.0984. The fourth-order valence-corrected chi connectivity index (χ4v) is 1.73. The number of methoxy groups -OCH3 is 1. The lowest BCUT2D eigenvalue weighted by Gasteiger charge is -2.07. The topological polar surface area (TPSA) is 40.5 Å². The number of aromatic nitrogens is 1. The Labute approximate surface area is 102 Å². The molecule has 2 rings (SSSR count). The largest absolute Gasteiger partial charge is 0.491 e. The number of nitrogens with zero attached hydrogens (tertiary/aromatic N) is 1. The van der Waals surface area contributed by atoms with Crippen LogP contribution in [0.2, 0.25) is 0 Å². The third-order valence-electron chi connectivity index (χ3n) is 2.51. The molecule has 2 aromatic rings. The van der Waals surface area contributed by atoms with Gasteiger partial charge in [0.1, 0.15) is 0 Å². The Morgan fingerprint density at radius 1 is 1.44 bits per heavy atom. The van der Waals surface area contributed by atoms with E-state index in [1.165, 1.54) is 19.4 Å². The zero-order valence-corrected chi connectivity index (χ0v) is 9.87. The second-order valence-electron chi connectivity index (χ2n) is 3.52. The Morgan fingerprint density at radius 2 is 2.17 bits per heavy atom. The molecule has 0 saturated carbocycles. The highest BCUT2D eigenvalue weighted by atomic mass is 19.1. The van der Waals surface area contributed by atoms with Crippen LogP contribution in [0.1, 0.15) is 6.92 Å². The standard InChI is InChI=1S/C12H11F2NO3/c1-3-18-12(16)15-5-4-7-9(15)6-8(13)11(17-2)10(7)14/h4-6H,3H2,1-2H3. The molecule has 0 atom stereocenters. The monoisotopic (exact) mass is 255 g/mol. The van der Waals surface area contributed by atoms with Crippen LogP contribution >= 0.6 is 0 Å². The van der Waals surface area contributed by atoms with E-state index in [1.54, 1.807) is 6.92 Å². The summed E-state index contributed by atoms with van der Waals surface area (Å²) in [5.74, 6) is -2.17. The highest BCUT2D eigenvalue weighted by molar-refractivity contribution is 5.90. The van der Waals surface area contributed by atoms with Gasteiger partial charge in [0.15, 0.2) is 17.4 Å². The van der Waals surface area contributed by atoms with E-state index in [0.717, 1.165) is 10.6 Å². The maximum Gasteiger partial charge on any atom is 0.418 e. The molecule has 4 nitrogen and oxygen atoms in total. The molecular formula is C12H11F2NO3. The highest BCUT2D eigenvalue weighted by Gasteiger charge is 2.19. The molecular weight excluding hydrogens is 244 g/mol. The molecule has 0 aliphatic rings. The molecule has 0 radical (unpaired) electrons. The smallest absolute Gasteiger partial charge is 0.418 e. The van der Waals surface area contributed by atoms with Gasteiger partial charge in [-0.15, -0.1) is 0 Å². The van der Waals surface area contributed by atoms with Gasteiger partial charge < -0.3 is 9.47 Å². The van der Waals surface area contributed by atoms with Gasteiger partial charge in [-0.3, -0.25) is 4.57 Å². The fourth-order valence-electron chi connectivity index (χ4n) is 1.73. The van der Waals surface area contributed by atoms with E-state index in [9.17, 15) is 13.6 Å². The van der Waals surface area contributed by atoms with Crippen LogP contribution < -0.4 is 4.74 Å². The molecule has 0 fully saturated rings. The number of benzene rings is 1. The summed E-state index contributed by atoms with van der Waals surface area (Å²) >= 11 is 0. The number of fused-ring (bicyclic) bond motifs is 1. The summed E-state index contributed by atoms with van der Waals surface area (Å²) in [6, 6.07) is 2.40. The molecule has 96 valence electrons. The SMILES string of the molecule is CCOC(=O)n1ccc2c(F)c(OC)c(F)cc21. The van der Waals surface area contributed by atoms with E-state index in [2.05, 4.69) is 4.74 Å². The molecule has 1 heterocycles. The number of hydrogen-bond donors (Lipinski definition) is 0. The van der Waals surface area contributed by atoms with E-state index in [-0.39, 0.29) is 17.5 Å². The molecule has 0 spiro atoms. The van der Waals surface area contributed by atoms with Crippen LogP contribution in [0.5, 0.6) is 5.75 Å². The van der Waals surface area contributed by atoms with Crippen LogP contribution in [-0.4, -0.2) is 24.4 Å². The Kier molecular flexibility index (Phi) is 3.18. The van der Waals surface area contributed by atoms with E-state index >= 15 is 0 Å². The van der Waals surface area contributed by atoms with Gasteiger partial charge in [0.2, 0.25) is 0 Å². The first-order valence-electron chi connectivity index (χ1n) is 5.30. The van der Waals surface area contributed by atoms with Crippen molar-refractivity contribution in [1.29, 1.82) is 0 Å². The van der Waals surface area contributed by atoms with Crippen LogP contribution in [-0.2, 0) is 4.74 Å². The van der Waals surface area contributed by atoms with Gasteiger partial charge in [-0.2, -0.15) is 0 Å². The second-order valence-corrected chi connectivity index (χ2v) is 3.52. The molecule has 6 heteroatoms. The quantitative estimate of drug-likeness (QED) is 0.828. The number of ether oxygens (including phenoxy) is 2. The zero-order chi connectivity index (χ0) is 13.3. The fraction of sp³-hybridized carbons (Fsp3) is 0.250. The normalized spacial score (nSPS) is 10.7. The van der Waals surface area contributed by atoms with Crippen molar-refractivity contribution in [2.24, 2.45) is 0 Å². The lowest BCUT2D eigenvalue weighted by atomic mass is 10.2. The van der Waals surface area contributed by atoms with Gasteiger partial charge in [0.25, 0.3) is 0 Å². The molecule has 0 saturated heterocycles. The number of carbonyl (C=O) groups is 1. The Bertz CT molecular complexity index is 607.